The summed E-state index contributed by atoms with van der Waals surface area (Å²) in [5.41, 5.74) is -2.22. The van der Waals surface area contributed by atoms with Gasteiger partial charge >= 0.3 is 12.2 Å². The Labute approximate surface area is 239 Å². The Hall–Kier alpha value is -3.17. The number of rotatable bonds is 5. The van der Waals surface area contributed by atoms with Crippen molar-refractivity contribution < 1.29 is 42.1 Å². The number of aromatic nitrogens is 2. The number of nitrogens with zero attached hydrogens (tertiary/aromatic N) is 3. The third kappa shape index (κ3) is 7.19. The molecule has 2 aromatic heterocycles. The molecule has 226 valence electrons. The number of anilines is 1. The minimum atomic E-state index is -2.85. The fourth-order valence-electron chi connectivity index (χ4n) is 4.43. The van der Waals surface area contributed by atoms with Crippen LogP contribution in [0.25, 0.3) is 10.6 Å². The lowest BCUT2D eigenvalue weighted by Crippen LogP contribution is -2.53. The maximum absolute atomic E-state index is 16.0. The number of carbonyl (C=O) groups excluding carboxylic acids is 2. The summed E-state index contributed by atoms with van der Waals surface area (Å²) in [5.74, 6) is -1.08. The molecule has 3 atom stereocenters. The highest BCUT2D eigenvalue weighted by atomic mass is 32.1. The third-order valence-corrected chi connectivity index (χ3v) is 6.96. The van der Waals surface area contributed by atoms with Gasteiger partial charge in [0.2, 0.25) is 0 Å². The molecule has 15 heteroatoms. The van der Waals surface area contributed by atoms with E-state index in [4.69, 9.17) is 14.2 Å². The summed E-state index contributed by atoms with van der Waals surface area (Å²) in [6.45, 7) is 10.2. The number of fused-ring (bicyclic) bond motifs is 1. The Morgan fingerprint density at radius 2 is 1.85 bits per heavy atom. The molecule has 0 radical (unpaired) electrons. The monoisotopic (exact) mass is 601 g/mol. The summed E-state index contributed by atoms with van der Waals surface area (Å²) in [5, 5.41) is 16.8. The summed E-state index contributed by atoms with van der Waals surface area (Å²) in [6.07, 6.45) is -5.69. The molecule has 1 fully saturated rings. The number of nitrogens with one attached hydrogen (secondary N) is 2. The van der Waals surface area contributed by atoms with Crippen LogP contribution < -0.4 is 10.6 Å². The molecule has 4 heterocycles. The van der Waals surface area contributed by atoms with Crippen molar-refractivity contribution >= 4 is 29.5 Å². The van der Waals surface area contributed by atoms with Crippen molar-refractivity contribution in [2.24, 2.45) is 0 Å². The molecule has 0 aromatic carbocycles. The van der Waals surface area contributed by atoms with Crippen molar-refractivity contribution in [3.05, 3.63) is 28.7 Å². The number of halogens is 3. The number of hydrogen-bond donors (Lipinski definition) is 3. The number of ether oxygens (including phenoxy) is 3. The van der Waals surface area contributed by atoms with Gasteiger partial charge in [-0.15, -0.1) is 0 Å². The number of alkyl halides is 2. The van der Waals surface area contributed by atoms with E-state index in [2.05, 4.69) is 20.0 Å². The highest BCUT2D eigenvalue weighted by Gasteiger charge is 2.41. The first kappa shape index (κ1) is 30.8. The zero-order chi connectivity index (χ0) is 30.3. The van der Waals surface area contributed by atoms with Crippen LogP contribution in [0.3, 0.4) is 0 Å². The zero-order valence-electron chi connectivity index (χ0n) is 23.6. The summed E-state index contributed by atoms with van der Waals surface area (Å²) >= 11 is 0.711. The van der Waals surface area contributed by atoms with E-state index < -0.39 is 59.6 Å². The lowest BCUT2D eigenvalue weighted by atomic mass is 10.0. The first-order valence-corrected chi connectivity index (χ1v) is 13.8. The molecule has 2 aliphatic heterocycles. The van der Waals surface area contributed by atoms with E-state index in [1.165, 1.54) is 0 Å². The van der Waals surface area contributed by atoms with Crippen LogP contribution in [-0.4, -0.2) is 68.0 Å². The molecular weight excluding hydrogens is 567 g/mol. The average Bonchev–Trinajstić information content (AvgIpc) is 3.46. The molecule has 2 aliphatic rings. The van der Waals surface area contributed by atoms with Gasteiger partial charge < -0.3 is 30.0 Å². The van der Waals surface area contributed by atoms with Crippen molar-refractivity contribution in [1.82, 2.24) is 19.6 Å². The molecule has 0 aliphatic carbocycles. The van der Waals surface area contributed by atoms with Gasteiger partial charge in [-0.05, 0) is 65.6 Å². The Morgan fingerprint density at radius 3 is 2.46 bits per heavy atom. The fraction of sp³-hybridized carbons (Fsp3) is 0.615. The molecule has 2 aromatic rings. The van der Waals surface area contributed by atoms with E-state index in [9.17, 15) is 23.5 Å². The normalized spacial score (nSPS) is 21.0. The lowest BCUT2D eigenvalue weighted by Gasteiger charge is -2.33. The number of aliphatic hydroxyl groups excluding tert-OH is 1. The fourth-order valence-corrected chi connectivity index (χ4v) is 5.18. The quantitative estimate of drug-likeness (QED) is 0.427. The number of amides is 2. The predicted molar refractivity (Wildman–Crippen MR) is 143 cm³/mol. The molecule has 2 amide bonds. The number of hydrogen-bond acceptors (Lipinski definition) is 10. The second-order valence-electron chi connectivity index (χ2n) is 11.8. The standard InChI is InChI=1S/C26H34F3N5O6S/c1-25(2,3)39-23(36)31-15-11-38-8-7-13(15)30-21-18(27)12-10-34(24(37)40-26(4,5)6)22(35)17(12)19(32-21)16-9-14(20(28)29)33-41-16/h9,13,15,20,22,35H,7-8,10-11H2,1-6H3,(H,30,32)(H,31,36). The van der Waals surface area contributed by atoms with Crippen LogP contribution >= 0.6 is 11.5 Å². The lowest BCUT2D eigenvalue weighted by molar-refractivity contribution is -0.0257. The summed E-state index contributed by atoms with van der Waals surface area (Å²) in [4.78, 5) is 30.8. The van der Waals surface area contributed by atoms with Crippen LogP contribution in [0.1, 0.15) is 77.4 Å². The van der Waals surface area contributed by atoms with Crippen molar-refractivity contribution in [2.75, 3.05) is 18.5 Å². The van der Waals surface area contributed by atoms with Gasteiger partial charge in [-0.1, -0.05) is 0 Å². The molecule has 3 N–H and O–H groups in total. The van der Waals surface area contributed by atoms with Crippen LogP contribution in [0, 0.1) is 5.82 Å². The smallest absolute Gasteiger partial charge is 0.412 e. The SMILES string of the molecule is CC(C)(C)OC(=O)NC1COCCC1Nc1nc(-c2cc(C(F)F)ns2)c2c(c1F)CN(C(=O)OC(C)(C)C)C2O. The van der Waals surface area contributed by atoms with Crippen LogP contribution in [0.4, 0.5) is 28.6 Å². The van der Waals surface area contributed by atoms with Crippen molar-refractivity contribution in [2.45, 2.75) is 90.4 Å². The molecule has 3 unspecified atom stereocenters. The van der Waals surface area contributed by atoms with Crippen molar-refractivity contribution in [3.8, 4) is 10.6 Å². The van der Waals surface area contributed by atoms with E-state index in [0.717, 1.165) is 11.0 Å². The Kier molecular flexibility index (Phi) is 8.71. The highest BCUT2D eigenvalue weighted by Crippen LogP contribution is 2.43. The minimum Gasteiger partial charge on any atom is -0.444 e. The maximum Gasteiger partial charge on any atom is 0.412 e. The molecule has 0 spiro atoms. The minimum absolute atomic E-state index is 0.00410. The number of aliphatic hydroxyl groups is 1. The first-order valence-electron chi connectivity index (χ1n) is 13.0. The predicted octanol–water partition coefficient (Wildman–Crippen LogP) is 5.12. The second-order valence-corrected chi connectivity index (χ2v) is 12.6. The van der Waals surface area contributed by atoms with Gasteiger partial charge in [-0.25, -0.2) is 27.7 Å². The van der Waals surface area contributed by atoms with Gasteiger partial charge in [-0.3, -0.25) is 4.90 Å². The molecular formula is C26H34F3N5O6S. The zero-order valence-corrected chi connectivity index (χ0v) is 24.4. The Balaban J connectivity index is 1.71. The van der Waals surface area contributed by atoms with E-state index >= 15 is 4.39 Å². The van der Waals surface area contributed by atoms with Gasteiger partial charge in [-0.2, -0.15) is 4.37 Å². The van der Waals surface area contributed by atoms with Crippen LogP contribution in [0.5, 0.6) is 0 Å². The Morgan fingerprint density at radius 1 is 1.17 bits per heavy atom. The molecule has 11 nitrogen and oxygen atoms in total. The van der Waals surface area contributed by atoms with Gasteiger partial charge in [0.05, 0.1) is 35.8 Å². The second kappa shape index (κ2) is 11.6. The van der Waals surface area contributed by atoms with Crippen LogP contribution in [0.15, 0.2) is 6.07 Å². The topological polar surface area (TPSA) is 135 Å². The summed E-state index contributed by atoms with van der Waals surface area (Å²) in [6, 6.07) is -0.0474. The van der Waals surface area contributed by atoms with E-state index in [1.807, 2.05) is 0 Å². The van der Waals surface area contributed by atoms with Gasteiger partial charge in [0.1, 0.15) is 16.9 Å². The van der Waals surface area contributed by atoms with E-state index in [-0.39, 0.29) is 40.7 Å². The third-order valence-electron chi connectivity index (χ3n) is 6.15. The average molecular weight is 602 g/mol. The highest BCUT2D eigenvalue weighted by molar-refractivity contribution is 7.09. The van der Waals surface area contributed by atoms with Gasteiger partial charge in [0.15, 0.2) is 17.9 Å². The Bertz CT molecular complexity index is 1300. The summed E-state index contributed by atoms with van der Waals surface area (Å²) in [7, 11) is 0. The van der Waals surface area contributed by atoms with E-state index in [1.54, 1.807) is 41.5 Å². The van der Waals surface area contributed by atoms with Crippen LogP contribution in [0.2, 0.25) is 0 Å². The van der Waals surface area contributed by atoms with Gasteiger partial charge in [0, 0.05) is 17.7 Å². The number of alkyl carbamates (subject to hydrolysis) is 1. The van der Waals surface area contributed by atoms with Gasteiger partial charge in [0.25, 0.3) is 6.43 Å². The van der Waals surface area contributed by atoms with Crippen molar-refractivity contribution in [1.29, 1.82) is 0 Å². The number of carbonyl (C=O) groups is 2. The van der Waals surface area contributed by atoms with Crippen molar-refractivity contribution in [3.63, 3.8) is 0 Å². The largest absolute Gasteiger partial charge is 0.444 e. The first-order chi connectivity index (χ1) is 19.0. The molecule has 0 saturated carbocycles. The molecule has 41 heavy (non-hydrogen) atoms. The molecule has 0 bridgehead atoms. The summed E-state index contributed by atoms with van der Waals surface area (Å²) < 4.78 is 62.7. The molecule has 4 rings (SSSR count). The van der Waals surface area contributed by atoms with E-state index in [0.29, 0.717) is 24.6 Å². The van der Waals surface area contributed by atoms with Crippen LogP contribution in [-0.2, 0) is 20.8 Å². The molecule has 1 saturated heterocycles. The maximum atomic E-state index is 16.0. The number of pyridine rings is 1.